The number of furan rings is 1. The number of carbonyl (C=O) groups excluding carboxylic acids is 1. The average Bonchev–Trinajstić information content (AvgIpc) is 2.50. The molecule has 0 atom stereocenters. The summed E-state index contributed by atoms with van der Waals surface area (Å²) in [5.41, 5.74) is -0.282. The SMILES string of the molecule is CC(=O)C(=Cc1ccco1)C(=O)O. The Bertz CT molecular complexity index is 330. The Morgan fingerprint density at radius 2 is 2.23 bits per heavy atom. The van der Waals surface area contributed by atoms with Gasteiger partial charge in [-0.1, -0.05) is 0 Å². The number of ketones is 1. The van der Waals surface area contributed by atoms with Crippen molar-refractivity contribution in [1.29, 1.82) is 0 Å². The molecule has 0 aliphatic carbocycles. The number of aliphatic carboxylic acids is 1. The van der Waals surface area contributed by atoms with Gasteiger partial charge >= 0.3 is 5.97 Å². The zero-order valence-corrected chi connectivity index (χ0v) is 6.98. The zero-order valence-electron chi connectivity index (χ0n) is 6.98. The van der Waals surface area contributed by atoms with Crippen LogP contribution in [-0.2, 0) is 9.59 Å². The number of hydrogen-bond acceptors (Lipinski definition) is 3. The van der Waals surface area contributed by atoms with Gasteiger partial charge in [0.15, 0.2) is 5.78 Å². The van der Waals surface area contributed by atoms with Crippen LogP contribution in [0.1, 0.15) is 12.7 Å². The lowest BCUT2D eigenvalue weighted by molar-refractivity contribution is -0.134. The first-order valence-electron chi connectivity index (χ1n) is 3.60. The predicted octanol–water partition coefficient (Wildman–Crippen LogP) is 1.34. The van der Waals surface area contributed by atoms with Crippen LogP contribution in [0.3, 0.4) is 0 Å². The second-order valence-corrected chi connectivity index (χ2v) is 2.43. The fourth-order valence-electron chi connectivity index (χ4n) is 0.830. The molecule has 0 aliphatic rings. The largest absolute Gasteiger partial charge is 0.478 e. The molecule has 0 radical (unpaired) electrons. The van der Waals surface area contributed by atoms with Gasteiger partial charge in [0.05, 0.1) is 6.26 Å². The third-order valence-electron chi connectivity index (χ3n) is 1.44. The van der Waals surface area contributed by atoms with Gasteiger partial charge in [0.1, 0.15) is 11.3 Å². The van der Waals surface area contributed by atoms with Crippen LogP contribution in [0.25, 0.3) is 6.08 Å². The molecule has 0 amide bonds. The minimum absolute atomic E-state index is 0.282. The Kier molecular flexibility index (Phi) is 2.64. The van der Waals surface area contributed by atoms with E-state index in [1.54, 1.807) is 12.1 Å². The maximum atomic E-state index is 10.8. The summed E-state index contributed by atoms with van der Waals surface area (Å²) in [5, 5.41) is 8.61. The average molecular weight is 180 g/mol. The van der Waals surface area contributed by atoms with Crippen molar-refractivity contribution in [2.45, 2.75) is 6.92 Å². The van der Waals surface area contributed by atoms with Gasteiger partial charge in [0.2, 0.25) is 0 Å². The summed E-state index contributed by atoms with van der Waals surface area (Å²) < 4.78 is 4.87. The summed E-state index contributed by atoms with van der Waals surface area (Å²) in [6.07, 6.45) is 2.61. The molecule has 1 aromatic heterocycles. The predicted molar refractivity (Wildman–Crippen MR) is 45.0 cm³/mol. The molecule has 68 valence electrons. The maximum absolute atomic E-state index is 10.8. The monoisotopic (exact) mass is 180 g/mol. The number of Topliss-reactive ketones (excluding diaryl/α,β-unsaturated/α-hetero) is 1. The van der Waals surface area contributed by atoms with E-state index in [2.05, 4.69) is 0 Å². The summed E-state index contributed by atoms with van der Waals surface area (Å²) in [7, 11) is 0. The number of carboxylic acid groups (broad SMARTS) is 1. The molecule has 1 N–H and O–H groups in total. The second-order valence-electron chi connectivity index (χ2n) is 2.43. The highest BCUT2D eigenvalue weighted by molar-refractivity contribution is 6.18. The van der Waals surface area contributed by atoms with E-state index in [1.165, 1.54) is 19.3 Å². The van der Waals surface area contributed by atoms with E-state index in [9.17, 15) is 9.59 Å². The second kappa shape index (κ2) is 3.71. The van der Waals surface area contributed by atoms with E-state index >= 15 is 0 Å². The van der Waals surface area contributed by atoms with Crippen molar-refractivity contribution in [3.63, 3.8) is 0 Å². The minimum Gasteiger partial charge on any atom is -0.478 e. The molecule has 1 heterocycles. The Labute approximate surface area is 74.5 Å². The van der Waals surface area contributed by atoms with Gasteiger partial charge in [-0.2, -0.15) is 0 Å². The van der Waals surface area contributed by atoms with E-state index in [4.69, 9.17) is 9.52 Å². The summed E-state index contributed by atoms with van der Waals surface area (Å²) in [4.78, 5) is 21.4. The van der Waals surface area contributed by atoms with Crippen LogP contribution in [0.5, 0.6) is 0 Å². The van der Waals surface area contributed by atoms with Crippen LogP contribution >= 0.6 is 0 Å². The van der Waals surface area contributed by atoms with Crippen molar-refractivity contribution in [3.8, 4) is 0 Å². The highest BCUT2D eigenvalue weighted by Gasteiger charge is 2.12. The topological polar surface area (TPSA) is 67.5 Å². The van der Waals surface area contributed by atoms with Crippen molar-refractivity contribution >= 4 is 17.8 Å². The molecule has 1 aromatic rings. The molecule has 0 aromatic carbocycles. The Morgan fingerprint density at radius 3 is 2.62 bits per heavy atom. The first kappa shape index (κ1) is 9.25. The maximum Gasteiger partial charge on any atom is 0.339 e. The molecule has 0 bridgehead atoms. The van der Waals surface area contributed by atoms with Crippen molar-refractivity contribution in [2.24, 2.45) is 0 Å². The smallest absolute Gasteiger partial charge is 0.339 e. The lowest BCUT2D eigenvalue weighted by atomic mass is 10.1. The van der Waals surface area contributed by atoms with Crippen molar-refractivity contribution in [3.05, 3.63) is 29.7 Å². The number of carboxylic acids is 1. The molecule has 1 rings (SSSR count). The van der Waals surface area contributed by atoms with E-state index in [-0.39, 0.29) is 5.57 Å². The molecular formula is C9H8O4. The first-order chi connectivity index (χ1) is 6.11. The van der Waals surface area contributed by atoms with Gasteiger partial charge in [-0.15, -0.1) is 0 Å². The standard InChI is InChI=1S/C9H8O4/c1-6(10)8(9(11)12)5-7-3-2-4-13-7/h2-5H,1H3,(H,11,12). The molecular weight excluding hydrogens is 172 g/mol. The fourth-order valence-corrected chi connectivity index (χ4v) is 0.830. The number of carbonyl (C=O) groups is 2. The number of hydrogen-bond donors (Lipinski definition) is 1. The Hall–Kier alpha value is -1.84. The summed E-state index contributed by atoms with van der Waals surface area (Å²) in [5.74, 6) is -1.39. The summed E-state index contributed by atoms with van der Waals surface area (Å²) in [6, 6.07) is 3.19. The normalized spacial score (nSPS) is 11.3. The van der Waals surface area contributed by atoms with Crippen molar-refractivity contribution < 1.29 is 19.1 Å². The fraction of sp³-hybridized carbons (Fsp3) is 0.111. The lowest BCUT2D eigenvalue weighted by Crippen LogP contribution is -2.08. The number of rotatable bonds is 3. The lowest BCUT2D eigenvalue weighted by Gasteiger charge is -1.93. The first-order valence-corrected chi connectivity index (χ1v) is 3.60. The molecule has 0 spiro atoms. The highest BCUT2D eigenvalue weighted by atomic mass is 16.4. The minimum atomic E-state index is -1.25. The van der Waals surface area contributed by atoms with Crippen LogP contribution in [0.4, 0.5) is 0 Å². The molecule has 4 heteroatoms. The zero-order chi connectivity index (χ0) is 9.84. The molecule has 4 nitrogen and oxygen atoms in total. The summed E-state index contributed by atoms with van der Waals surface area (Å²) in [6.45, 7) is 1.20. The van der Waals surface area contributed by atoms with Crippen LogP contribution < -0.4 is 0 Å². The van der Waals surface area contributed by atoms with Gasteiger partial charge in [-0.3, -0.25) is 4.79 Å². The van der Waals surface area contributed by atoms with Crippen molar-refractivity contribution in [1.82, 2.24) is 0 Å². The van der Waals surface area contributed by atoms with Crippen LogP contribution in [0.15, 0.2) is 28.4 Å². The Morgan fingerprint density at radius 1 is 1.54 bits per heavy atom. The molecule has 0 saturated heterocycles. The van der Waals surface area contributed by atoms with Gasteiger partial charge in [0.25, 0.3) is 0 Å². The summed E-state index contributed by atoms with van der Waals surface area (Å²) >= 11 is 0. The third kappa shape index (κ3) is 2.30. The van der Waals surface area contributed by atoms with Gasteiger partial charge < -0.3 is 9.52 Å². The van der Waals surface area contributed by atoms with E-state index in [0.717, 1.165) is 0 Å². The van der Waals surface area contributed by atoms with Gasteiger partial charge in [-0.05, 0) is 25.1 Å². The van der Waals surface area contributed by atoms with Crippen molar-refractivity contribution in [2.75, 3.05) is 0 Å². The highest BCUT2D eigenvalue weighted by Crippen LogP contribution is 2.08. The molecule has 0 saturated carbocycles. The Balaban J connectivity index is 3.01. The third-order valence-corrected chi connectivity index (χ3v) is 1.44. The molecule has 13 heavy (non-hydrogen) atoms. The van der Waals surface area contributed by atoms with E-state index < -0.39 is 11.8 Å². The quantitative estimate of drug-likeness (QED) is 0.433. The van der Waals surface area contributed by atoms with Crippen LogP contribution in [0.2, 0.25) is 0 Å². The van der Waals surface area contributed by atoms with Crippen LogP contribution in [0, 0.1) is 0 Å². The van der Waals surface area contributed by atoms with E-state index in [1.807, 2.05) is 0 Å². The van der Waals surface area contributed by atoms with Gasteiger partial charge in [-0.25, -0.2) is 4.79 Å². The molecule has 0 fully saturated rings. The molecule has 0 unspecified atom stereocenters. The van der Waals surface area contributed by atoms with Crippen LogP contribution in [-0.4, -0.2) is 16.9 Å². The van der Waals surface area contributed by atoms with Gasteiger partial charge in [0, 0.05) is 0 Å². The molecule has 0 aliphatic heterocycles. The van der Waals surface area contributed by atoms with E-state index in [0.29, 0.717) is 5.76 Å².